The first-order valence-electron chi connectivity index (χ1n) is 5.42. The van der Waals surface area contributed by atoms with Gasteiger partial charge in [0.15, 0.2) is 0 Å². The molecule has 1 unspecified atom stereocenters. The van der Waals surface area contributed by atoms with Crippen molar-refractivity contribution in [1.29, 1.82) is 0 Å². The average Bonchev–Trinajstić information content (AvgIpc) is 2.21. The first-order chi connectivity index (χ1) is 7.11. The smallest absolute Gasteiger partial charge is 0.374 e. The van der Waals surface area contributed by atoms with E-state index >= 15 is 0 Å². The fourth-order valence-corrected chi connectivity index (χ4v) is 1.41. The maximum atomic E-state index is 11.4. The van der Waals surface area contributed by atoms with Crippen molar-refractivity contribution in [3.05, 3.63) is 0 Å². The highest BCUT2D eigenvalue weighted by Gasteiger charge is 2.19. The summed E-state index contributed by atoms with van der Waals surface area (Å²) in [7, 11) is 2.85. The molecule has 6 heteroatoms. The van der Waals surface area contributed by atoms with Crippen LogP contribution in [-0.4, -0.2) is 44.7 Å². The van der Waals surface area contributed by atoms with Crippen LogP contribution in [0.15, 0.2) is 0 Å². The van der Waals surface area contributed by atoms with Crippen LogP contribution in [0.3, 0.4) is 0 Å². The van der Waals surface area contributed by atoms with Crippen LogP contribution in [0.5, 0.6) is 0 Å². The van der Waals surface area contributed by atoms with Gasteiger partial charge in [0.25, 0.3) is 0 Å². The topological polar surface area (TPSA) is 73.4 Å². The fraction of sp³-hybridized carbons (Fsp3) is 0.889. The van der Waals surface area contributed by atoms with Crippen molar-refractivity contribution in [3.63, 3.8) is 0 Å². The minimum atomic E-state index is -0.656. The van der Waals surface area contributed by atoms with Gasteiger partial charge in [0.1, 0.15) is 0 Å². The summed E-state index contributed by atoms with van der Waals surface area (Å²) in [6, 6.07) is -0.299. The second kappa shape index (κ2) is 8.70. The molecule has 0 aliphatic carbocycles. The zero-order chi connectivity index (χ0) is 11.7. The van der Waals surface area contributed by atoms with Gasteiger partial charge in [-0.15, -0.1) is 0 Å². The van der Waals surface area contributed by atoms with Crippen LogP contribution in [0.2, 0.25) is 6.82 Å². The molecule has 88 valence electrons. The fourth-order valence-electron chi connectivity index (χ4n) is 1.41. The SMILES string of the molecule is CNCCCCC(NB(C)O)C(=O)NC. The second-order valence-corrected chi connectivity index (χ2v) is 3.61. The Balaban J connectivity index is 3.85. The van der Waals surface area contributed by atoms with Crippen molar-refractivity contribution < 1.29 is 9.82 Å². The van der Waals surface area contributed by atoms with E-state index in [1.54, 1.807) is 13.9 Å². The minimum Gasteiger partial charge on any atom is -0.437 e. The standard InChI is InChI=1S/C9H22BN3O2/c1-10(15)13-8(9(14)12-3)6-4-5-7-11-2/h8,11,13,15H,4-7H2,1-3H3,(H,12,14). The van der Waals surface area contributed by atoms with Gasteiger partial charge in [-0.3, -0.25) is 4.79 Å². The third-order valence-corrected chi connectivity index (χ3v) is 2.17. The molecule has 5 nitrogen and oxygen atoms in total. The highest BCUT2D eigenvalue weighted by molar-refractivity contribution is 6.46. The molecule has 1 amide bonds. The van der Waals surface area contributed by atoms with Crippen LogP contribution >= 0.6 is 0 Å². The van der Waals surface area contributed by atoms with E-state index in [9.17, 15) is 4.79 Å². The van der Waals surface area contributed by atoms with Crippen molar-refractivity contribution >= 4 is 13.0 Å². The predicted octanol–water partition coefficient (Wildman–Crippen LogP) is -0.809. The number of carbonyl (C=O) groups excluding carboxylic acids is 1. The first-order valence-corrected chi connectivity index (χ1v) is 5.42. The quantitative estimate of drug-likeness (QED) is 0.315. The number of rotatable bonds is 8. The summed E-state index contributed by atoms with van der Waals surface area (Å²) in [6.07, 6.45) is 2.73. The third kappa shape index (κ3) is 7.36. The van der Waals surface area contributed by atoms with Gasteiger partial charge in [-0.1, -0.05) is 6.42 Å². The van der Waals surface area contributed by atoms with Gasteiger partial charge in [0.2, 0.25) is 5.91 Å². The highest BCUT2D eigenvalue weighted by Crippen LogP contribution is 2.01. The van der Waals surface area contributed by atoms with Gasteiger partial charge >= 0.3 is 7.05 Å². The largest absolute Gasteiger partial charge is 0.437 e. The molecule has 0 saturated carbocycles. The lowest BCUT2D eigenvalue weighted by atomic mass is 9.86. The summed E-state index contributed by atoms with van der Waals surface area (Å²) in [5.41, 5.74) is 0. The van der Waals surface area contributed by atoms with Crippen LogP contribution in [0.25, 0.3) is 0 Å². The van der Waals surface area contributed by atoms with Gasteiger partial charge in [0, 0.05) is 7.05 Å². The van der Waals surface area contributed by atoms with E-state index in [-0.39, 0.29) is 11.9 Å². The maximum Gasteiger partial charge on any atom is 0.374 e. The summed E-state index contributed by atoms with van der Waals surface area (Å²) in [5, 5.41) is 17.6. The molecule has 4 N–H and O–H groups in total. The Hall–Kier alpha value is -0.585. The molecule has 0 bridgehead atoms. The second-order valence-electron chi connectivity index (χ2n) is 3.61. The third-order valence-electron chi connectivity index (χ3n) is 2.17. The molecule has 0 aromatic carbocycles. The first kappa shape index (κ1) is 14.4. The number of amides is 1. The Kier molecular flexibility index (Phi) is 8.36. The van der Waals surface area contributed by atoms with Gasteiger partial charge in [-0.25, -0.2) is 0 Å². The van der Waals surface area contributed by atoms with E-state index in [1.807, 2.05) is 7.05 Å². The van der Waals surface area contributed by atoms with Crippen molar-refractivity contribution in [1.82, 2.24) is 15.9 Å². The maximum absolute atomic E-state index is 11.4. The lowest BCUT2D eigenvalue weighted by Gasteiger charge is -2.17. The molecular formula is C9H22BN3O2. The zero-order valence-electron chi connectivity index (χ0n) is 9.84. The number of hydrogen-bond donors (Lipinski definition) is 4. The van der Waals surface area contributed by atoms with Crippen LogP contribution in [-0.2, 0) is 4.79 Å². The van der Waals surface area contributed by atoms with Gasteiger partial charge < -0.3 is 20.9 Å². The molecule has 0 heterocycles. The molecule has 0 aromatic heterocycles. The lowest BCUT2D eigenvalue weighted by Crippen LogP contribution is -2.48. The van der Waals surface area contributed by atoms with Gasteiger partial charge in [-0.05, 0) is 33.3 Å². The molecule has 0 aliphatic rings. The van der Waals surface area contributed by atoms with Crippen LogP contribution in [0.4, 0.5) is 0 Å². The number of hydrogen-bond acceptors (Lipinski definition) is 4. The summed E-state index contributed by atoms with van der Waals surface area (Å²) >= 11 is 0. The van der Waals surface area contributed by atoms with Crippen molar-refractivity contribution in [2.24, 2.45) is 0 Å². The number of unbranched alkanes of at least 4 members (excludes halogenated alkanes) is 1. The average molecular weight is 215 g/mol. The van der Waals surface area contributed by atoms with E-state index in [1.165, 1.54) is 0 Å². The molecule has 0 radical (unpaired) electrons. The minimum absolute atomic E-state index is 0.0691. The van der Waals surface area contributed by atoms with E-state index in [0.29, 0.717) is 0 Å². The number of carbonyl (C=O) groups is 1. The van der Waals surface area contributed by atoms with Crippen molar-refractivity contribution in [2.45, 2.75) is 32.1 Å². The van der Waals surface area contributed by atoms with E-state index in [0.717, 1.165) is 25.8 Å². The molecule has 0 fully saturated rings. The number of nitrogens with one attached hydrogen (secondary N) is 3. The summed E-state index contributed by atoms with van der Waals surface area (Å²) in [6.45, 7) is 2.57. The summed E-state index contributed by atoms with van der Waals surface area (Å²) in [4.78, 5) is 11.4. The number of likely N-dealkylation sites (N-methyl/N-ethyl adjacent to an activating group) is 1. The predicted molar refractivity (Wildman–Crippen MR) is 62.6 cm³/mol. The Morgan fingerprint density at radius 3 is 2.53 bits per heavy atom. The molecule has 0 aliphatic heterocycles. The molecule has 0 rings (SSSR count). The molecule has 1 atom stereocenters. The summed E-state index contributed by atoms with van der Waals surface area (Å²) < 4.78 is 0. The van der Waals surface area contributed by atoms with E-state index in [4.69, 9.17) is 5.02 Å². The zero-order valence-corrected chi connectivity index (χ0v) is 9.84. The molecule has 0 saturated heterocycles. The van der Waals surface area contributed by atoms with Gasteiger partial charge in [-0.2, -0.15) is 0 Å². The Labute approximate surface area is 92.1 Å². The highest BCUT2D eigenvalue weighted by atomic mass is 16.2. The lowest BCUT2D eigenvalue weighted by molar-refractivity contribution is -0.122. The molecular weight excluding hydrogens is 193 g/mol. The molecule has 0 aromatic rings. The van der Waals surface area contributed by atoms with E-state index in [2.05, 4.69) is 15.9 Å². The van der Waals surface area contributed by atoms with Gasteiger partial charge in [0.05, 0.1) is 6.04 Å². The normalized spacial score (nSPS) is 12.3. The Morgan fingerprint density at radius 2 is 2.07 bits per heavy atom. The Morgan fingerprint density at radius 1 is 1.40 bits per heavy atom. The molecule has 0 spiro atoms. The van der Waals surface area contributed by atoms with Crippen LogP contribution in [0.1, 0.15) is 19.3 Å². The van der Waals surface area contributed by atoms with Crippen molar-refractivity contribution in [3.8, 4) is 0 Å². The van der Waals surface area contributed by atoms with E-state index < -0.39 is 7.05 Å². The Bertz CT molecular complexity index is 179. The van der Waals surface area contributed by atoms with Crippen LogP contribution in [0, 0.1) is 0 Å². The summed E-state index contributed by atoms with van der Waals surface area (Å²) in [5.74, 6) is -0.0691. The monoisotopic (exact) mass is 215 g/mol. The van der Waals surface area contributed by atoms with Crippen molar-refractivity contribution in [2.75, 3.05) is 20.6 Å². The molecule has 15 heavy (non-hydrogen) atoms. The van der Waals surface area contributed by atoms with Crippen LogP contribution < -0.4 is 15.9 Å².